The van der Waals surface area contributed by atoms with Gasteiger partial charge in [-0.1, -0.05) is 81.2 Å². The molecular weight excluding hydrogens is 340 g/mol. The molecule has 0 fully saturated rings. The first-order valence-electron chi connectivity index (χ1n) is 10.5. The quantitative estimate of drug-likeness (QED) is 0.473. The van der Waals surface area contributed by atoms with Gasteiger partial charge in [0.15, 0.2) is 0 Å². The number of benzene rings is 2. The number of anilines is 1. The van der Waals surface area contributed by atoms with E-state index in [1.54, 1.807) is 0 Å². The molecule has 2 heteroatoms. The highest BCUT2D eigenvalue weighted by atomic mass is 15.1. The summed E-state index contributed by atoms with van der Waals surface area (Å²) in [6.45, 7) is 3.36. The standard InChI is InChI=1S/C26H28N2/c1-2-3-4-5-10-18-28-19-17-21(24-12-7-9-14-26(24)28)15-16-22-20-27-25-13-8-6-11-23(22)25/h6-9,11-17,19-20H,2-5,10,18H2,1H3/b21-15-,22-16+. The molecule has 0 N–H and O–H groups in total. The van der Waals surface area contributed by atoms with E-state index in [9.17, 15) is 0 Å². The molecule has 28 heavy (non-hydrogen) atoms. The third kappa shape index (κ3) is 4.01. The predicted octanol–water partition coefficient (Wildman–Crippen LogP) is 7.17. The predicted molar refractivity (Wildman–Crippen MR) is 122 cm³/mol. The summed E-state index contributed by atoms with van der Waals surface area (Å²) >= 11 is 0. The Hall–Kier alpha value is -2.87. The maximum Gasteiger partial charge on any atom is 0.0708 e. The minimum Gasteiger partial charge on any atom is -0.347 e. The van der Waals surface area contributed by atoms with Crippen LogP contribution in [-0.2, 0) is 0 Å². The van der Waals surface area contributed by atoms with E-state index in [4.69, 9.17) is 0 Å². The third-order valence-electron chi connectivity index (χ3n) is 5.46. The van der Waals surface area contributed by atoms with Crippen LogP contribution in [0.3, 0.4) is 0 Å². The molecule has 0 saturated heterocycles. The molecule has 0 amide bonds. The number of hydrogen-bond donors (Lipinski definition) is 0. The van der Waals surface area contributed by atoms with Gasteiger partial charge in [0, 0.05) is 41.3 Å². The summed E-state index contributed by atoms with van der Waals surface area (Å²) in [5.74, 6) is 0. The minimum absolute atomic E-state index is 1.06. The van der Waals surface area contributed by atoms with Gasteiger partial charge in [-0.25, -0.2) is 0 Å². The van der Waals surface area contributed by atoms with Gasteiger partial charge in [0.1, 0.15) is 0 Å². The van der Waals surface area contributed by atoms with Gasteiger partial charge in [0.2, 0.25) is 0 Å². The van der Waals surface area contributed by atoms with Crippen molar-refractivity contribution in [3.63, 3.8) is 0 Å². The van der Waals surface area contributed by atoms with Crippen LogP contribution in [-0.4, -0.2) is 12.8 Å². The molecule has 2 aromatic rings. The van der Waals surface area contributed by atoms with E-state index >= 15 is 0 Å². The second kappa shape index (κ2) is 8.88. The Morgan fingerprint density at radius 3 is 2.46 bits per heavy atom. The van der Waals surface area contributed by atoms with E-state index in [1.807, 2.05) is 12.3 Å². The van der Waals surface area contributed by atoms with Crippen molar-refractivity contribution in [3.05, 3.63) is 84.1 Å². The van der Waals surface area contributed by atoms with Gasteiger partial charge in [-0.3, -0.25) is 4.99 Å². The molecule has 4 rings (SSSR count). The van der Waals surface area contributed by atoms with Crippen molar-refractivity contribution in [2.75, 3.05) is 11.4 Å². The first kappa shape index (κ1) is 18.5. The van der Waals surface area contributed by atoms with Crippen molar-refractivity contribution in [1.82, 2.24) is 0 Å². The zero-order valence-electron chi connectivity index (χ0n) is 16.6. The van der Waals surface area contributed by atoms with Crippen LogP contribution in [0.25, 0.3) is 11.1 Å². The molecule has 2 nitrogen and oxygen atoms in total. The van der Waals surface area contributed by atoms with Crippen molar-refractivity contribution in [1.29, 1.82) is 0 Å². The van der Waals surface area contributed by atoms with Gasteiger partial charge in [0.05, 0.1) is 5.69 Å². The average Bonchev–Trinajstić information content (AvgIpc) is 3.16. The van der Waals surface area contributed by atoms with E-state index in [2.05, 4.69) is 83.7 Å². The van der Waals surface area contributed by atoms with E-state index in [0.29, 0.717) is 0 Å². The molecule has 0 bridgehead atoms. The molecule has 0 saturated carbocycles. The summed E-state index contributed by atoms with van der Waals surface area (Å²) in [7, 11) is 0. The van der Waals surface area contributed by atoms with Gasteiger partial charge >= 0.3 is 0 Å². The molecular formula is C26H28N2. The fourth-order valence-corrected chi connectivity index (χ4v) is 3.89. The second-order valence-corrected chi connectivity index (χ2v) is 7.46. The highest BCUT2D eigenvalue weighted by molar-refractivity contribution is 6.17. The van der Waals surface area contributed by atoms with Gasteiger partial charge in [-0.2, -0.15) is 0 Å². The fraction of sp³-hybridized carbons (Fsp3) is 0.269. The van der Waals surface area contributed by atoms with Crippen LogP contribution < -0.4 is 4.90 Å². The highest BCUT2D eigenvalue weighted by Gasteiger charge is 2.15. The molecule has 0 spiro atoms. The Morgan fingerprint density at radius 2 is 1.57 bits per heavy atom. The van der Waals surface area contributed by atoms with Gasteiger partial charge in [0.25, 0.3) is 0 Å². The summed E-state index contributed by atoms with van der Waals surface area (Å²) in [4.78, 5) is 6.91. The Labute approximate surface area is 168 Å². The van der Waals surface area contributed by atoms with Crippen molar-refractivity contribution < 1.29 is 0 Å². The number of fused-ring (bicyclic) bond motifs is 2. The van der Waals surface area contributed by atoms with Crippen molar-refractivity contribution in [2.24, 2.45) is 4.99 Å². The van der Waals surface area contributed by atoms with Gasteiger partial charge in [-0.15, -0.1) is 0 Å². The van der Waals surface area contributed by atoms with E-state index in [0.717, 1.165) is 12.2 Å². The smallest absolute Gasteiger partial charge is 0.0708 e. The summed E-state index contributed by atoms with van der Waals surface area (Å²) < 4.78 is 0. The SMILES string of the molecule is CCCCCCCN1C=C/C(=C/C=C2\C=Nc3ccccc32)c2ccccc21. The summed E-state index contributed by atoms with van der Waals surface area (Å²) in [6, 6.07) is 17.0. The summed E-state index contributed by atoms with van der Waals surface area (Å²) in [5.41, 5.74) is 7.31. The molecule has 0 atom stereocenters. The van der Waals surface area contributed by atoms with E-state index < -0.39 is 0 Å². The maximum absolute atomic E-state index is 4.51. The molecule has 2 aliphatic heterocycles. The van der Waals surface area contributed by atoms with Crippen LogP contribution in [0.1, 0.15) is 50.2 Å². The Balaban J connectivity index is 1.52. The van der Waals surface area contributed by atoms with Crippen molar-refractivity contribution in [2.45, 2.75) is 39.0 Å². The highest BCUT2D eigenvalue weighted by Crippen LogP contribution is 2.34. The Bertz CT molecular complexity index is 946. The molecule has 2 aromatic carbocycles. The Kier molecular flexibility index (Phi) is 5.86. The molecule has 0 unspecified atom stereocenters. The lowest BCUT2D eigenvalue weighted by Gasteiger charge is -2.27. The van der Waals surface area contributed by atoms with Crippen LogP contribution in [0, 0.1) is 0 Å². The molecule has 2 heterocycles. The number of unbranched alkanes of at least 4 members (excludes halogenated alkanes) is 4. The lowest BCUT2D eigenvalue weighted by atomic mass is 9.98. The lowest BCUT2D eigenvalue weighted by Crippen LogP contribution is -2.21. The largest absolute Gasteiger partial charge is 0.347 e. The number of para-hydroxylation sites is 2. The first-order chi connectivity index (χ1) is 13.9. The maximum atomic E-state index is 4.51. The average molecular weight is 369 g/mol. The number of hydrogen-bond acceptors (Lipinski definition) is 2. The zero-order chi connectivity index (χ0) is 19.2. The normalized spacial score (nSPS) is 17.4. The molecule has 0 aliphatic carbocycles. The first-order valence-corrected chi connectivity index (χ1v) is 10.5. The van der Waals surface area contributed by atoms with Crippen LogP contribution in [0.2, 0.25) is 0 Å². The zero-order valence-corrected chi connectivity index (χ0v) is 16.6. The molecule has 0 radical (unpaired) electrons. The summed E-state index contributed by atoms with van der Waals surface area (Å²) in [6.07, 6.45) is 17.4. The van der Waals surface area contributed by atoms with Gasteiger partial charge < -0.3 is 4.90 Å². The monoisotopic (exact) mass is 368 g/mol. The van der Waals surface area contributed by atoms with Crippen LogP contribution in [0.15, 0.2) is 78.0 Å². The molecule has 0 aromatic heterocycles. The van der Waals surface area contributed by atoms with Crippen LogP contribution in [0.5, 0.6) is 0 Å². The third-order valence-corrected chi connectivity index (χ3v) is 5.46. The number of allylic oxidation sites excluding steroid dienone is 5. The Morgan fingerprint density at radius 1 is 0.821 bits per heavy atom. The summed E-state index contributed by atoms with van der Waals surface area (Å²) in [5, 5.41) is 0. The van der Waals surface area contributed by atoms with Gasteiger partial charge in [-0.05, 0) is 30.2 Å². The van der Waals surface area contributed by atoms with Crippen molar-refractivity contribution in [3.8, 4) is 0 Å². The number of aliphatic imine (C=N–C) groups is 1. The topological polar surface area (TPSA) is 15.6 Å². The van der Waals surface area contributed by atoms with Crippen LogP contribution >= 0.6 is 0 Å². The molecule has 142 valence electrons. The lowest BCUT2D eigenvalue weighted by molar-refractivity contribution is 0.633. The van der Waals surface area contributed by atoms with Crippen molar-refractivity contribution >= 4 is 28.7 Å². The van der Waals surface area contributed by atoms with E-state index in [-0.39, 0.29) is 0 Å². The van der Waals surface area contributed by atoms with E-state index in [1.165, 1.54) is 60.1 Å². The fourth-order valence-electron chi connectivity index (χ4n) is 3.89. The number of nitrogens with zero attached hydrogens (tertiary/aromatic N) is 2. The number of rotatable bonds is 7. The minimum atomic E-state index is 1.06. The second-order valence-electron chi connectivity index (χ2n) is 7.46. The molecule has 2 aliphatic rings. The van der Waals surface area contributed by atoms with Crippen LogP contribution in [0.4, 0.5) is 11.4 Å².